The van der Waals surface area contributed by atoms with Gasteiger partial charge in [0.1, 0.15) is 11.2 Å². The molecule has 0 saturated heterocycles. The summed E-state index contributed by atoms with van der Waals surface area (Å²) in [6, 6.07) is 62.8. The van der Waals surface area contributed by atoms with E-state index in [9.17, 15) is 0 Å². The normalized spacial score (nSPS) is 11.5. The van der Waals surface area contributed by atoms with Crippen LogP contribution in [0.25, 0.3) is 65.7 Å². The number of fused-ring (bicyclic) bond motifs is 6. The molecule has 0 atom stereocenters. The van der Waals surface area contributed by atoms with E-state index in [1.807, 2.05) is 12.1 Å². The molecule has 9 rings (SSSR count). The van der Waals surface area contributed by atoms with E-state index >= 15 is 0 Å². The molecule has 0 aliphatic rings. The third-order valence-electron chi connectivity index (χ3n) is 9.04. The van der Waals surface area contributed by atoms with Crippen molar-refractivity contribution in [3.63, 3.8) is 0 Å². The van der Waals surface area contributed by atoms with Gasteiger partial charge in [0.15, 0.2) is 0 Å². The predicted molar refractivity (Wildman–Crippen MR) is 194 cm³/mol. The lowest BCUT2D eigenvalue weighted by molar-refractivity contribution is 0.669. The Morgan fingerprint density at radius 1 is 0.370 bits per heavy atom. The maximum atomic E-state index is 6.39. The van der Waals surface area contributed by atoms with Gasteiger partial charge in [0.2, 0.25) is 0 Å². The Balaban J connectivity index is 1.35. The van der Waals surface area contributed by atoms with Crippen molar-refractivity contribution in [1.29, 1.82) is 0 Å². The molecule has 1 heterocycles. The van der Waals surface area contributed by atoms with Crippen LogP contribution >= 0.6 is 0 Å². The van der Waals surface area contributed by atoms with Crippen molar-refractivity contribution >= 4 is 60.5 Å². The third-order valence-corrected chi connectivity index (χ3v) is 9.04. The monoisotopic (exact) mass is 587 g/mol. The second kappa shape index (κ2) is 10.8. The molecular formula is C44H29NO. The average Bonchev–Trinajstić information content (AvgIpc) is 3.52. The average molecular weight is 588 g/mol. The van der Waals surface area contributed by atoms with Gasteiger partial charge in [0.05, 0.1) is 11.1 Å². The predicted octanol–water partition coefficient (Wildman–Crippen LogP) is 12.7. The van der Waals surface area contributed by atoms with Gasteiger partial charge in [-0.1, -0.05) is 133 Å². The summed E-state index contributed by atoms with van der Waals surface area (Å²) in [4.78, 5) is 2.40. The molecule has 0 radical (unpaired) electrons. The van der Waals surface area contributed by atoms with Gasteiger partial charge in [-0.25, -0.2) is 0 Å². The molecular weight excluding hydrogens is 558 g/mol. The minimum atomic E-state index is 0.874. The number of furan rings is 1. The van der Waals surface area contributed by atoms with E-state index in [2.05, 4.69) is 169 Å². The van der Waals surface area contributed by atoms with Crippen molar-refractivity contribution in [2.45, 2.75) is 0 Å². The first-order chi connectivity index (χ1) is 22.8. The van der Waals surface area contributed by atoms with Crippen LogP contribution in [0.1, 0.15) is 0 Å². The van der Waals surface area contributed by atoms with Crippen LogP contribution in [-0.2, 0) is 0 Å². The molecule has 0 amide bonds. The Bertz CT molecular complexity index is 2530. The van der Waals surface area contributed by atoms with Crippen molar-refractivity contribution in [3.8, 4) is 22.3 Å². The van der Waals surface area contributed by atoms with Crippen molar-refractivity contribution in [3.05, 3.63) is 176 Å². The molecule has 0 fully saturated rings. The summed E-state index contributed by atoms with van der Waals surface area (Å²) in [5, 5.41) is 7.14. The van der Waals surface area contributed by atoms with Crippen molar-refractivity contribution < 1.29 is 4.42 Å². The van der Waals surface area contributed by atoms with E-state index in [4.69, 9.17) is 4.42 Å². The molecule has 46 heavy (non-hydrogen) atoms. The molecule has 2 heteroatoms. The quantitative estimate of drug-likeness (QED) is 0.186. The van der Waals surface area contributed by atoms with Gasteiger partial charge in [-0.15, -0.1) is 0 Å². The standard InChI is InChI=1S/C44H29NO/c1-3-12-30(13-4-1)37-27-26-35(29-39(37)31-14-5-2-6-15-31)45(41-19-11-21-43-44(41)38-18-9-10-20-42(38)46-43)34-25-24-33-23-22-32-16-7-8-17-36(32)40(33)28-34/h1-29H. The number of benzene rings is 8. The number of para-hydroxylation sites is 1. The second-order valence-electron chi connectivity index (χ2n) is 11.7. The molecule has 8 aromatic carbocycles. The second-order valence-corrected chi connectivity index (χ2v) is 11.7. The van der Waals surface area contributed by atoms with Crippen LogP contribution in [-0.4, -0.2) is 0 Å². The highest BCUT2D eigenvalue weighted by molar-refractivity contribution is 6.14. The van der Waals surface area contributed by atoms with Gasteiger partial charge in [0, 0.05) is 16.8 Å². The van der Waals surface area contributed by atoms with E-state index in [0.717, 1.165) is 39.0 Å². The Morgan fingerprint density at radius 3 is 1.76 bits per heavy atom. The van der Waals surface area contributed by atoms with Crippen LogP contribution in [0.5, 0.6) is 0 Å². The lowest BCUT2D eigenvalue weighted by atomic mass is 9.93. The molecule has 0 unspecified atom stereocenters. The van der Waals surface area contributed by atoms with Crippen LogP contribution < -0.4 is 4.90 Å². The Labute approximate surface area is 267 Å². The number of hydrogen-bond acceptors (Lipinski definition) is 2. The van der Waals surface area contributed by atoms with Crippen molar-refractivity contribution in [1.82, 2.24) is 0 Å². The zero-order valence-electron chi connectivity index (χ0n) is 25.1. The lowest BCUT2D eigenvalue weighted by Gasteiger charge is -2.28. The minimum absolute atomic E-state index is 0.874. The highest BCUT2D eigenvalue weighted by Gasteiger charge is 2.21. The summed E-state index contributed by atoms with van der Waals surface area (Å²) in [7, 11) is 0. The summed E-state index contributed by atoms with van der Waals surface area (Å²) in [6.45, 7) is 0. The molecule has 0 N–H and O–H groups in total. The number of nitrogens with zero attached hydrogens (tertiary/aromatic N) is 1. The van der Waals surface area contributed by atoms with E-state index in [0.29, 0.717) is 0 Å². The van der Waals surface area contributed by atoms with Gasteiger partial charge in [-0.3, -0.25) is 0 Å². The minimum Gasteiger partial charge on any atom is -0.456 e. The zero-order valence-corrected chi connectivity index (χ0v) is 25.1. The molecule has 216 valence electrons. The zero-order chi connectivity index (χ0) is 30.5. The van der Waals surface area contributed by atoms with E-state index in [1.54, 1.807) is 0 Å². The Morgan fingerprint density at radius 2 is 0.957 bits per heavy atom. The van der Waals surface area contributed by atoms with Gasteiger partial charge in [0.25, 0.3) is 0 Å². The van der Waals surface area contributed by atoms with E-state index in [1.165, 1.54) is 43.8 Å². The smallest absolute Gasteiger partial charge is 0.137 e. The Kier molecular flexibility index (Phi) is 6.17. The highest BCUT2D eigenvalue weighted by Crippen LogP contribution is 2.46. The van der Waals surface area contributed by atoms with E-state index < -0.39 is 0 Å². The summed E-state index contributed by atoms with van der Waals surface area (Å²) in [5.41, 5.74) is 9.77. The largest absolute Gasteiger partial charge is 0.456 e. The molecule has 1 aromatic heterocycles. The van der Waals surface area contributed by atoms with Gasteiger partial charge in [-0.2, -0.15) is 0 Å². The topological polar surface area (TPSA) is 16.4 Å². The first-order valence-corrected chi connectivity index (χ1v) is 15.7. The molecule has 0 saturated carbocycles. The fraction of sp³-hybridized carbons (Fsp3) is 0. The SMILES string of the molecule is c1ccc(-c2ccc(N(c3ccc4ccc5ccccc5c4c3)c3cccc4oc5ccccc5c34)cc2-c2ccccc2)cc1. The van der Waals surface area contributed by atoms with Crippen molar-refractivity contribution in [2.75, 3.05) is 4.90 Å². The van der Waals surface area contributed by atoms with Crippen LogP contribution in [0.15, 0.2) is 180 Å². The maximum Gasteiger partial charge on any atom is 0.137 e. The molecule has 0 aliphatic carbocycles. The summed E-state index contributed by atoms with van der Waals surface area (Å²) >= 11 is 0. The molecule has 0 aliphatic heterocycles. The number of hydrogen-bond donors (Lipinski definition) is 0. The van der Waals surface area contributed by atoms with Crippen LogP contribution in [0.4, 0.5) is 17.1 Å². The van der Waals surface area contributed by atoms with Crippen molar-refractivity contribution in [2.24, 2.45) is 0 Å². The Hall–Kier alpha value is -6.12. The van der Waals surface area contributed by atoms with Crippen LogP contribution in [0.2, 0.25) is 0 Å². The highest BCUT2D eigenvalue weighted by atomic mass is 16.3. The summed E-state index contributed by atoms with van der Waals surface area (Å²) in [6.07, 6.45) is 0. The first-order valence-electron chi connectivity index (χ1n) is 15.7. The van der Waals surface area contributed by atoms with Gasteiger partial charge in [-0.05, 0) is 86.3 Å². The molecule has 9 aromatic rings. The van der Waals surface area contributed by atoms with Crippen LogP contribution in [0.3, 0.4) is 0 Å². The van der Waals surface area contributed by atoms with Gasteiger partial charge < -0.3 is 9.32 Å². The van der Waals surface area contributed by atoms with Gasteiger partial charge >= 0.3 is 0 Å². The molecule has 2 nitrogen and oxygen atoms in total. The molecule has 0 spiro atoms. The first kappa shape index (κ1) is 26.3. The fourth-order valence-electron chi connectivity index (χ4n) is 6.90. The fourth-order valence-corrected chi connectivity index (χ4v) is 6.90. The maximum absolute atomic E-state index is 6.39. The summed E-state index contributed by atoms with van der Waals surface area (Å²) < 4.78 is 6.39. The van der Waals surface area contributed by atoms with E-state index in [-0.39, 0.29) is 0 Å². The molecule has 0 bridgehead atoms. The van der Waals surface area contributed by atoms with Crippen LogP contribution in [0, 0.1) is 0 Å². The number of rotatable bonds is 5. The third kappa shape index (κ3) is 4.35. The lowest BCUT2D eigenvalue weighted by Crippen LogP contribution is -2.10. The summed E-state index contributed by atoms with van der Waals surface area (Å²) in [5.74, 6) is 0. The number of anilines is 3.